The van der Waals surface area contributed by atoms with Crippen LogP contribution < -0.4 is 10.6 Å². The van der Waals surface area contributed by atoms with Crippen molar-refractivity contribution in [3.05, 3.63) is 76.5 Å². The van der Waals surface area contributed by atoms with Gasteiger partial charge in [-0.05, 0) is 44.0 Å². The Morgan fingerprint density at radius 1 is 0.982 bits per heavy atom. The molecule has 3 aliphatic heterocycles. The Morgan fingerprint density at radius 2 is 1.68 bits per heavy atom. The van der Waals surface area contributed by atoms with E-state index in [-0.39, 0.29) is 45.4 Å². The quantitative estimate of drug-likeness (QED) is 0.215. The molecule has 5 heterocycles. The van der Waals surface area contributed by atoms with Crippen LogP contribution in [-0.2, 0) is 23.1 Å². The molecule has 0 aliphatic carbocycles. The van der Waals surface area contributed by atoms with Crippen LogP contribution in [0, 0.1) is 30.4 Å². The number of amides is 3. The van der Waals surface area contributed by atoms with Gasteiger partial charge in [0.05, 0.1) is 81.6 Å². The molecular formula is C40H49ClF2N9O4+. The number of hydrogen-bond acceptors (Lipinski definition) is 7. The summed E-state index contributed by atoms with van der Waals surface area (Å²) in [5.74, 6) is -2.19. The van der Waals surface area contributed by atoms with Crippen LogP contribution in [-0.4, -0.2) is 131 Å². The molecule has 0 unspecified atom stereocenters. The third-order valence-corrected chi connectivity index (χ3v) is 12.0. The number of nitrogens with zero attached hydrogens (tertiary/aromatic N) is 7. The number of carbonyl (C=O) groups excluding carboxylic acids is 3. The van der Waals surface area contributed by atoms with Gasteiger partial charge in [-0.25, -0.2) is 13.8 Å². The van der Waals surface area contributed by atoms with E-state index in [0.29, 0.717) is 61.6 Å². The maximum absolute atomic E-state index is 15.6. The zero-order chi connectivity index (χ0) is 39.7. The molecule has 4 aromatic rings. The van der Waals surface area contributed by atoms with Gasteiger partial charge in [-0.2, -0.15) is 5.10 Å². The molecule has 3 saturated heterocycles. The Balaban J connectivity index is 0.944. The number of anilines is 1. The first kappa shape index (κ1) is 39.5. The molecule has 13 nitrogen and oxygen atoms in total. The first-order valence-electron chi connectivity index (χ1n) is 19.1. The van der Waals surface area contributed by atoms with Gasteiger partial charge in [0.25, 0.3) is 11.8 Å². The highest BCUT2D eigenvalue weighted by atomic mass is 35.5. The summed E-state index contributed by atoms with van der Waals surface area (Å²) in [6.45, 7) is 10.4. The van der Waals surface area contributed by atoms with Crippen molar-refractivity contribution in [3.8, 4) is 22.4 Å². The second-order valence-electron chi connectivity index (χ2n) is 15.5. The van der Waals surface area contributed by atoms with Crippen LogP contribution in [0.4, 0.5) is 14.5 Å². The van der Waals surface area contributed by atoms with Crippen LogP contribution in [0.5, 0.6) is 0 Å². The summed E-state index contributed by atoms with van der Waals surface area (Å²) in [4.78, 5) is 48.2. The van der Waals surface area contributed by atoms with Gasteiger partial charge in [-0.3, -0.25) is 19.1 Å². The molecule has 298 valence electrons. The Morgan fingerprint density at radius 3 is 2.34 bits per heavy atom. The predicted molar refractivity (Wildman–Crippen MR) is 208 cm³/mol. The summed E-state index contributed by atoms with van der Waals surface area (Å²) in [7, 11) is 5.41. The average molecular weight is 793 g/mol. The Labute approximate surface area is 330 Å². The number of aromatic nitrogens is 4. The Bertz CT molecular complexity index is 2120. The number of halogens is 3. The summed E-state index contributed by atoms with van der Waals surface area (Å²) in [6.07, 6.45) is 4.00. The number of hydrogen-bond donors (Lipinski definition) is 2. The molecule has 0 atom stereocenters. The number of benzene rings is 2. The van der Waals surface area contributed by atoms with E-state index in [1.165, 1.54) is 42.2 Å². The van der Waals surface area contributed by atoms with Gasteiger partial charge < -0.3 is 34.2 Å². The second-order valence-corrected chi connectivity index (χ2v) is 15.9. The molecule has 0 spiro atoms. The number of imidazole rings is 1. The average Bonchev–Trinajstić information content (AvgIpc) is 3.74. The summed E-state index contributed by atoms with van der Waals surface area (Å²) >= 11 is 6.59. The van der Waals surface area contributed by atoms with Gasteiger partial charge in [-0.1, -0.05) is 17.7 Å². The van der Waals surface area contributed by atoms with E-state index in [1.807, 2.05) is 4.90 Å². The van der Waals surface area contributed by atoms with Crippen LogP contribution in [0.25, 0.3) is 22.4 Å². The zero-order valence-corrected chi connectivity index (χ0v) is 33.0. The minimum Gasteiger partial charge on any atom is -0.383 e. The molecular weight excluding hydrogens is 744 g/mol. The molecule has 0 saturated carbocycles. The highest BCUT2D eigenvalue weighted by Crippen LogP contribution is 2.34. The fourth-order valence-electron chi connectivity index (χ4n) is 8.10. The van der Waals surface area contributed by atoms with E-state index in [0.717, 1.165) is 56.2 Å². The lowest BCUT2D eigenvalue weighted by Gasteiger charge is -2.46. The maximum atomic E-state index is 15.6. The van der Waals surface area contributed by atoms with Gasteiger partial charge in [0.15, 0.2) is 17.5 Å². The van der Waals surface area contributed by atoms with Crippen molar-refractivity contribution in [2.75, 3.05) is 85.0 Å². The van der Waals surface area contributed by atoms with Crippen LogP contribution >= 0.6 is 11.6 Å². The van der Waals surface area contributed by atoms with Crippen LogP contribution in [0.3, 0.4) is 0 Å². The zero-order valence-electron chi connectivity index (χ0n) is 32.3. The monoisotopic (exact) mass is 792 g/mol. The second kappa shape index (κ2) is 16.4. The van der Waals surface area contributed by atoms with Crippen molar-refractivity contribution in [2.24, 2.45) is 18.9 Å². The van der Waals surface area contributed by atoms with E-state index in [9.17, 15) is 14.4 Å². The molecule has 3 fully saturated rings. The molecule has 2 aromatic heterocycles. The number of nitrogens with one attached hydrogen (secondary N) is 2. The third-order valence-electron chi connectivity index (χ3n) is 11.7. The topological polar surface area (TPSA) is 127 Å². The number of likely N-dealkylation sites (N-methyl/N-ethyl adjacent to an activating group) is 1. The number of piperidine rings is 1. The minimum atomic E-state index is -1.08. The third kappa shape index (κ3) is 7.95. The SMILES string of the molecule is COCCn1ncc(-c2ccc(-c3cnc(C(=O)Nc4ccc(C(=O)N5CCC(C(=O)N6CC[N+](C)(CC7CNC7)CC6)CC5)c(Cl)c4)n3C)c(F)c2F)c1C. The number of methoxy groups -OCH3 is 1. The molecule has 0 bridgehead atoms. The van der Waals surface area contributed by atoms with Crippen molar-refractivity contribution in [2.45, 2.75) is 26.3 Å². The van der Waals surface area contributed by atoms with Gasteiger partial charge in [-0.15, -0.1) is 0 Å². The van der Waals surface area contributed by atoms with E-state index < -0.39 is 17.5 Å². The number of rotatable bonds is 11. The molecule has 56 heavy (non-hydrogen) atoms. The molecule has 7 rings (SSSR count). The van der Waals surface area contributed by atoms with Crippen molar-refractivity contribution < 1.29 is 32.4 Å². The number of quaternary nitrogens is 1. The molecule has 3 amide bonds. The largest absolute Gasteiger partial charge is 0.383 e. The summed E-state index contributed by atoms with van der Waals surface area (Å²) in [5, 5.41) is 10.5. The fraction of sp³-hybridized carbons (Fsp3) is 0.475. The summed E-state index contributed by atoms with van der Waals surface area (Å²) in [5.41, 5.74) is 1.96. The summed E-state index contributed by atoms with van der Waals surface area (Å²) < 4.78 is 40.2. The lowest BCUT2D eigenvalue weighted by molar-refractivity contribution is -0.916. The van der Waals surface area contributed by atoms with Crippen molar-refractivity contribution in [1.82, 2.24) is 34.4 Å². The van der Waals surface area contributed by atoms with Gasteiger partial charge >= 0.3 is 0 Å². The minimum absolute atomic E-state index is 0.0447. The maximum Gasteiger partial charge on any atom is 0.291 e. The van der Waals surface area contributed by atoms with Crippen molar-refractivity contribution >= 4 is 35.0 Å². The first-order chi connectivity index (χ1) is 26.9. The van der Waals surface area contributed by atoms with Crippen LogP contribution in [0.2, 0.25) is 5.02 Å². The standard InChI is InChI=1S/C40H48ClF2N9O4/c1-25-32(22-46-51(25)15-18-56-4)29-7-8-31(36(43)35(29)42)34-23-45-37(48(34)2)38(53)47-28-5-6-30(33(41)19-28)40(55)49-11-9-27(10-12-49)39(54)50-13-16-52(3,17-14-50)24-26-20-44-21-26/h5-8,19,22-23,26-27,44H,9-18,20-21,24H2,1-4H3/p+1. The number of carbonyl (C=O) groups is 3. The molecule has 3 aliphatic rings. The molecule has 2 N–H and O–H groups in total. The van der Waals surface area contributed by atoms with Crippen LogP contribution in [0.1, 0.15) is 39.5 Å². The molecule has 2 aromatic carbocycles. The van der Waals surface area contributed by atoms with E-state index in [1.54, 1.807) is 35.7 Å². The number of ether oxygens (including phenoxy) is 1. The van der Waals surface area contributed by atoms with Crippen molar-refractivity contribution in [1.29, 1.82) is 0 Å². The Hall–Kier alpha value is -4.70. The Kier molecular flexibility index (Phi) is 11.6. The first-order valence-corrected chi connectivity index (χ1v) is 19.5. The number of likely N-dealkylation sites (tertiary alicyclic amines) is 1. The lowest BCUT2D eigenvalue weighted by Crippen LogP contribution is -2.63. The van der Waals surface area contributed by atoms with Gasteiger partial charge in [0, 0.05) is 80.2 Å². The van der Waals surface area contributed by atoms with E-state index >= 15 is 8.78 Å². The molecule has 0 radical (unpaired) electrons. The highest BCUT2D eigenvalue weighted by Gasteiger charge is 2.38. The fourth-order valence-corrected chi connectivity index (χ4v) is 8.36. The lowest BCUT2D eigenvalue weighted by atomic mass is 9.94. The smallest absolute Gasteiger partial charge is 0.291 e. The molecule has 16 heteroatoms. The van der Waals surface area contributed by atoms with Crippen LogP contribution in [0.15, 0.2) is 42.7 Å². The predicted octanol–water partition coefficient (Wildman–Crippen LogP) is 4.45. The van der Waals surface area contributed by atoms with Crippen molar-refractivity contribution in [3.63, 3.8) is 0 Å². The van der Waals surface area contributed by atoms with E-state index in [4.69, 9.17) is 16.3 Å². The normalized spacial score (nSPS) is 17.6. The number of piperazine rings is 1. The van der Waals surface area contributed by atoms with Gasteiger partial charge in [0.2, 0.25) is 5.91 Å². The van der Waals surface area contributed by atoms with E-state index in [2.05, 4.69) is 27.8 Å². The summed E-state index contributed by atoms with van der Waals surface area (Å²) in [6, 6.07) is 7.56. The van der Waals surface area contributed by atoms with Gasteiger partial charge in [0.1, 0.15) is 0 Å². The highest BCUT2D eigenvalue weighted by molar-refractivity contribution is 6.34.